The summed E-state index contributed by atoms with van der Waals surface area (Å²) in [5, 5.41) is 10.2. The molecular weight excluding hydrogens is 440 g/mol. The third kappa shape index (κ3) is 5.25. The number of nitrogens with zero attached hydrogens (tertiary/aromatic N) is 1. The lowest BCUT2D eigenvalue weighted by Gasteiger charge is -2.34. The van der Waals surface area contributed by atoms with Crippen LogP contribution in [0.15, 0.2) is 29.2 Å². The number of hydrogen-bond donors (Lipinski definition) is 3. The molecule has 32 heavy (non-hydrogen) atoms. The van der Waals surface area contributed by atoms with Crippen molar-refractivity contribution >= 4 is 39.5 Å². The van der Waals surface area contributed by atoms with Gasteiger partial charge in [0.25, 0.3) is 11.8 Å². The first kappa shape index (κ1) is 23.7. The number of esters is 1. The predicted molar refractivity (Wildman–Crippen MR) is 113 cm³/mol. The van der Waals surface area contributed by atoms with Gasteiger partial charge in [-0.05, 0) is 55.9 Å². The van der Waals surface area contributed by atoms with Gasteiger partial charge in [0, 0.05) is 5.69 Å². The van der Waals surface area contributed by atoms with Crippen LogP contribution in [0.2, 0.25) is 0 Å². The number of urea groups is 1. The first-order valence-electron chi connectivity index (χ1n) is 10.3. The van der Waals surface area contributed by atoms with Gasteiger partial charge in [0.2, 0.25) is 10.0 Å². The summed E-state index contributed by atoms with van der Waals surface area (Å²) in [4.78, 5) is 49.9. The average Bonchev–Trinajstić information content (AvgIpc) is 2.96. The van der Waals surface area contributed by atoms with Gasteiger partial charge in [-0.15, -0.1) is 0 Å². The van der Waals surface area contributed by atoms with E-state index in [0.29, 0.717) is 18.8 Å². The minimum Gasteiger partial charge on any atom is -0.454 e. The third-order valence-corrected chi connectivity index (χ3v) is 6.83. The molecule has 0 aromatic heterocycles. The van der Waals surface area contributed by atoms with Gasteiger partial charge < -0.3 is 15.4 Å². The second kappa shape index (κ2) is 9.25. The summed E-state index contributed by atoms with van der Waals surface area (Å²) >= 11 is 0. The molecule has 174 valence electrons. The number of rotatable bonds is 7. The Balaban J connectivity index is 1.49. The maximum absolute atomic E-state index is 12.8. The second-order valence-corrected chi connectivity index (χ2v) is 9.59. The Labute approximate surface area is 185 Å². The Hall–Kier alpha value is -2.99. The lowest BCUT2D eigenvalue weighted by Crippen LogP contribution is -2.49. The van der Waals surface area contributed by atoms with Gasteiger partial charge >= 0.3 is 12.0 Å². The molecule has 4 amide bonds. The molecule has 12 heteroatoms. The standard InChI is InChI=1S/C20H26N4O7S/c1-2-13-7-9-20(10-8-13)18(27)24(19(28)23-20)11-17(26)31-12-16(25)22-14-3-5-15(6-4-14)32(21,29)30/h3-6,13H,2,7-12H2,1H3,(H,22,25)(H,23,28)(H2,21,29,30). The van der Waals surface area contributed by atoms with Crippen molar-refractivity contribution in [2.75, 3.05) is 18.5 Å². The quantitative estimate of drug-likeness (QED) is 0.393. The molecule has 1 saturated carbocycles. The molecule has 1 saturated heterocycles. The molecule has 0 radical (unpaired) electrons. The number of ether oxygens (including phenoxy) is 1. The van der Waals surface area contributed by atoms with Crippen LogP contribution in [-0.4, -0.2) is 55.8 Å². The number of primary sulfonamides is 1. The minimum absolute atomic E-state index is 0.114. The van der Waals surface area contributed by atoms with E-state index in [1.54, 1.807) is 0 Å². The number of benzene rings is 1. The number of carbonyl (C=O) groups excluding carboxylic acids is 4. The summed E-state index contributed by atoms with van der Waals surface area (Å²) in [6, 6.07) is 4.47. The number of nitrogens with two attached hydrogens (primary N) is 1. The Bertz CT molecular complexity index is 1010. The van der Waals surface area contributed by atoms with Gasteiger partial charge in [0.15, 0.2) is 6.61 Å². The summed E-state index contributed by atoms with van der Waals surface area (Å²) < 4.78 is 27.4. The van der Waals surface area contributed by atoms with Crippen molar-refractivity contribution in [3.8, 4) is 0 Å². The number of anilines is 1. The van der Waals surface area contributed by atoms with Crippen molar-refractivity contribution in [1.29, 1.82) is 0 Å². The van der Waals surface area contributed by atoms with Crippen LogP contribution < -0.4 is 15.8 Å². The SMILES string of the molecule is CCC1CCC2(CC1)NC(=O)N(CC(=O)OCC(=O)Nc1ccc(S(N)(=O)=O)cc1)C2=O. The molecule has 1 heterocycles. The van der Waals surface area contributed by atoms with E-state index in [1.807, 2.05) is 0 Å². The summed E-state index contributed by atoms with van der Waals surface area (Å²) in [6.07, 6.45) is 3.76. The van der Waals surface area contributed by atoms with Crippen LogP contribution in [0.3, 0.4) is 0 Å². The number of nitrogens with one attached hydrogen (secondary N) is 2. The Morgan fingerprint density at radius 2 is 1.84 bits per heavy atom. The van der Waals surface area contributed by atoms with Crippen LogP contribution in [0.25, 0.3) is 0 Å². The van der Waals surface area contributed by atoms with Gasteiger partial charge in [0.05, 0.1) is 4.90 Å². The lowest BCUT2D eigenvalue weighted by atomic mass is 9.75. The van der Waals surface area contributed by atoms with Gasteiger partial charge in [0.1, 0.15) is 12.1 Å². The molecule has 0 atom stereocenters. The van der Waals surface area contributed by atoms with Crippen molar-refractivity contribution in [3.05, 3.63) is 24.3 Å². The zero-order valence-electron chi connectivity index (χ0n) is 17.6. The topological polar surface area (TPSA) is 165 Å². The highest BCUT2D eigenvalue weighted by Crippen LogP contribution is 2.37. The molecule has 1 aromatic carbocycles. The maximum atomic E-state index is 12.8. The molecule has 2 fully saturated rings. The fraction of sp³-hybridized carbons (Fsp3) is 0.500. The van der Waals surface area contributed by atoms with E-state index in [0.717, 1.165) is 24.2 Å². The van der Waals surface area contributed by atoms with E-state index in [1.165, 1.54) is 24.3 Å². The van der Waals surface area contributed by atoms with Crippen LogP contribution >= 0.6 is 0 Å². The minimum atomic E-state index is -3.85. The van der Waals surface area contributed by atoms with E-state index in [4.69, 9.17) is 9.88 Å². The fourth-order valence-electron chi connectivity index (χ4n) is 3.98. The Kier molecular flexibility index (Phi) is 6.84. The van der Waals surface area contributed by atoms with E-state index in [-0.39, 0.29) is 10.6 Å². The molecule has 1 aliphatic carbocycles. The number of imide groups is 1. The van der Waals surface area contributed by atoms with Crippen LogP contribution in [0.1, 0.15) is 39.0 Å². The van der Waals surface area contributed by atoms with Gasteiger partial charge in [-0.25, -0.2) is 18.4 Å². The molecule has 4 N–H and O–H groups in total. The predicted octanol–water partition coefficient (Wildman–Crippen LogP) is 0.707. The van der Waals surface area contributed by atoms with Crippen molar-refractivity contribution in [2.45, 2.75) is 49.5 Å². The number of amides is 4. The van der Waals surface area contributed by atoms with Gasteiger partial charge in [-0.2, -0.15) is 0 Å². The van der Waals surface area contributed by atoms with E-state index < -0.39 is 52.5 Å². The van der Waals surface area contributed by atoms with Crippen molar-refractivity contribution in [2.24, 2.45) is 11.1 Å². The van der Waals surface area contributed by atoms with Crippen LogP contribution in [-0.2, 0) is 29.1 Å². The van der Waals surface area contributed by atoms with Crippen molar-refractivity contribution in [1.82, 2.24) is 10.2 Å². The number of carbonyl (C=O) groups is 4. The normalized spacial score (nSPS) is 23.2. The van der Waals surface area contributed by atoms with E-state index >= 15 is 0 Å². The number of hydrogen-bond acceptors (Lipinski definition) is 7. The van der Waals surface area contributed by atoms with Crippen molar-refractivity contribution in [3.63, 3.8) is 0 Å². The molecule has 0 bridgehead atoms. The zero-order chi connectivity index (χ0) is 23.5. The van der Waals surface area contributed by atoms with E-state index in [9.17, 15) is 27.6 Å². The van der Waals surface area contributed by atoms with Gasteiger partial charge in [-0.3, -0.25) is 19.3 Å². The monoisotopic (exact) mass is 466 g/mol. The van der Waals surface area contributed by atoms with Crippen LogP contribution in [0, 0.1) is 5.92 Å². The molecule has 11 nitrogen and oxygen atoms in total. The van der Waals surface area contributed by atoms with Crippen LogP contribution in [0.5, 0.6) is 0 Å². The maximum Gasteiger partial charge on any atom is 0.326 e. The molecule has 2 aliphatic rings. The largest absolute Gasteiger partial charge is 0.454 e. The molecule has 1 spiro atoms. The first-order chi connectivity index (χ1) is 15.0. The molecule has 0 unspecified atom stereocenters. The lowest BCUT2D eigenvalue weighted by molar-refractivity contribution is -0.150. The average molecular weight is 467 g/mol. The molecule has 3 rings (SSSR count). The second-order valence-electron chi connectivity index (χ2n) is 8.03. The van der Waals surface area contributed by atoms with E-state index in [2.05, 4.69) is 17.6 Å². The summed E-state index contributed by atoms with van der Waals surface area (Å²) in [5.41, 5.74) is -0.680. The highest BCUT2D eigenvalue weighted by atomic mass is 32.2. The third-order valence-electron chi connectivity index (χ3n) is 5.90. The highest BCUT2D eigenvalue weighted by Gasteiger charge is 2.52. The Morgan fingerprint density at radius 3 is 2.41 bits per heavy atom. The molecule has 1 aromatic rings. The van der Waals surface area contributed by atoms with Crippen molar-refractivity contribution < 1.29 is 32.3 Å². The zero-order valence-corrected chi connectivity index (χ0v) is 18.4. The summed E-state index contributed by atoms with van der Waals surface area (Å²) in [6.45, 7) is 0.874. The molecule has 1 aliphatic heterocycles. The van der Waals surface area contributed by atoms with Crippen LogP contribution in [0.4, 0.5) is 10.5 Å². The number of sulfonamides is 1. The highest BCUT2D eigenvalue weighted by molar-refractivity contribution is 7.89. The molecular formula is C20H26N4O7S. The smallest absolute Gasteiger partial charge is 0.326 e. The van der Waals surface area contributed by atoms with Gasteiger partial charge in [-0.1, -0.05) is 13.3 Å². The summed E-state index contributed by atoms with van der Waals surface area (Å²) in [7, 11) is -3.85. The Morgan fingerprint density at radius 1 is 1.22 bits per heavy atom. The summed E-state index contributed by atoms with van der Waals surface area (Å²) in [5.74, 6) is -1.48. The first-order valence-corrected chi connectivity index (χ1v) is 11.8. The fourth-order valence-corrected chi connectivity index (χ4v) is 4.50.